The van der Waals surface area contributed by atoms with E-state index in [0.29, 0.717) is 0 Å². The van der Waals surface area contributed by atoms with Crippen LogP contribution in [0.15, 0.2) is 111 Å². The third kappa shape index (κ3) is 5.65. The predicted molar refractivity (Wildman–Crippen MR) is 117 cm³/mol. The summed E-state index contributed by atoms with van der Waals surface area (Å²) in [5.74, 6) is 0. The summed E-state index contributed by atoms with van der Waals surface area (Å²) in [6.45, 7) is 4.23. The lowest BCUT2D eigenvalue weighted by molar-refractivity contribution is 1.38. The molecular formula is C23H21NS2. The van der Waals surface area contributed by atoms with Gasteiger partial charge in [-0.15, -0.1) is 0 Å². The number of para-hydroxylation sites is 1. The van der Waals surface area contributed by atoms with Gasteiger partial charge in [0.2, 0.25) is 0 Å². The topological polar surface area (TPSA) is 12.4 Å². The molecule has 0 amide bonds. The lowest BCUT2D eigenvalue weighted by Crippen LogP contribution is -1.94. The molecule has 3 heteroatoms. The number of aryl methyl sites for hydroxylation is 1. The van der Waals surface area contributed by atoms with E-state index in [1.165, 1.54) is 15.4 Å². The highest BCUT2D eigenvalue weighted by atomic mass is 32.2. The van der Waals surface area contributed by atoms with Crippen LogP contribution in [0.1, 0.15) is 12.5 Å². The molecule has 0 aliphatic heterocycles. The summed E-state index contributed by atoms with van der Waals surface area (Å²) in [5, 5.41) is 3.20. The van der Waals surface area contributed by atoms with Crippen molar-refractivity contribution in [1.29, 1.82) is 0 Å². The van der Waals surface area contributed by atoms with Crippen LogP contribution in [0.25, 0.3) is 0 Å². The van der Waals surface area contributed by atoms with E-state index in [0.717, 1.165) is 16.3 Å². The molecule has 0 aliphatic rings. The molecule has 130 valence electrons. The van der Waals surface area contributed by atoms with E-state index in [9.17, 15) is 0 Å². The molecule has 0 unspecified atom stereocenters. The maximum atomic E-state index is 4.88. The van der Waals surface area contributed by atoms with Gasteiger partial charge in [0.05, 0.1) is 5.69 Å². The van der Waals surface area contributed by atoms with Crippen molar-refractivity contribution in [2.24, 2.45) is 4.99 Å². The summed E-state index contributed by atoms with van der Waals surface area (Å²) in [7, 11) is 0. The first-order chi connectivity index (χ1) is 12.7. The highest BCUT2D eigenvalue weighted by Gasteiger charge is 2.06. The normalized spacial score (nSPS) is 12.2. The highest BCUT2D eigenvalue weighted by Crippen LogP contribution is 2.29. The van der Waals surface area contributed by atoms with Crippen molar-refractivity contribution >= 4 is 34.3 Å². The maximum Gasteiger partial charge on any atom is 0.105 e. The van der Waals surface area contributed by atoms with Gasteiger partial charge in [0, 0.05) is 9.79 Å². The average molecular weight is 376 g/mol. The molecule has 1 nitrogen and oxygen atoms in total. The maximum absolute atomic E-state index is 4.88. The summed E-state index contributed by atoms with van der Waals surface area (Å²) in [5.41, 5.74) is 3.41. The van der Waals surface area contributed by atoms with Crippen molar-refractivity contribution < 1.29 is 0 Å². The van der Waals surface area contributed by atoms with Gasteiger partial charge in [0.25, 0.3) is 0 Å². The van der Waals surface area contributed by atoms with Crippen molar-refractivity contribution in [2.45, 2.75) is 23.6 Å². The van der Waals surface area contributed by atoms with Gasteiger partial charge in [-0.05, 0) is 61.2 Å². The Hall–Kier alpha value is -2.23. The van der Waals surface area contributed by atoms with Crippen molar-refractivity contribution in [3.63, 3.8) is 0 Å². The predicted octanol–water partition coefficient (Wildman–Crippen LogP) is 7.51. The summed E-state index contributed by atoms with van der Waals surface area (Å²) in [6, 6.07) is 29.1. The first-order valence-corrected chi connectivity index (χ1v) is 10.2. The summed E-state index contributed by atoms with van der Waals surface area (Å²) >= 11 is 3.43. The van der Waals surface area contributed by atoms with Crippen molar-refractivity contribution in [3.05, 3.63) is 101 Å². The molecule has 0 N–H and O–H groups in total. The SMILES string of the molecule is C/C(=C\Sc1ccc(C)cc1)C(=Nc1ccccc1)Sc1ccccc1. The fourth-order valence-corrected chi connectivity index (χ4v) is 3.91. The molecular weight excluding hydrogens is 354 g/mol. The fraction of sp³-hybridized carbons (Fsp3) is 0.0870. The van der Waals surface area contributed by atoms with E-state index in [2.05, 4.69) is 67.8 Å². The van der Waals surface area contributed by atoms with Crippen LogP contribution >= 0.6 is 23.5 Å². The van der Waals surface area contributed by atoms with Crippen LogP contribution < -0.4 is 0 Å². The number of hydrogen-bond acceptors (Lipinski definition) is 3. The van der Waals surface area contributed by atoms with Crippen LogP contribution in [0, 0.1) is 6.92 Å². The van der Waals surface area contributed by atoms with Crippen LogP contribution in [0.2, 0.25) is 0 Å². The molecule has 0 aliphatic carbocycles. The van der Waals surface area contributed by atoms with Gasteiger partial charge < -0.3 is 0 Å². The third-order valence-corrected chi connectivity index (χ3v) is 5.80. The molecule has 0 radical (unpaired) electrons. The van der Waals surface area contributed by atoms with Gasteiger partial charge in [-0.25, -0.2) is 4.99 Å². The number of nitrogens with zero attached hydrogens (tertiary/aromatic N) is 1. The second kappa shape index (κ2) is 9.46. The van der Waals surface area contributed by atoms with E-state index in [1.54, 1.807) is 23.5 Å². The Labute approximate surface area is 164 Å². The fourth-order valence-electron chi connectivity index (χ4n) is 2.24. The van der Waals surface area contributed by atoms with Gasteiger partial charge in [-0.1, -0.05) is 77.6 Å². The molecule has 0 saturated carbocycles. The van der Waals surface area contributed by atoms with Crippen LogP contribution in [0.5, 0.6) is 0 Å². The Morgan fingerprint density at radius 2 is 1.38 bits per heavy atom. The van der Waals surface area contributed by atoms with Crippen LogP contribution in [0.3, 0.4) is 0 Å². The van der Waals surface area contributed by atoms with Gasteiger partial charge in [-0.3, -0.25) is 0 Å². The van der Waals surface area contributed by atoms with Crippen LogP contribution in [0.4, 0.5) is 5.69 Å². The molecule has 0 spiro atoms. The summed E-state index contributed by atoms with van der Waals surface area (Å²) in [4.78, 5) is 7.30. The molecule has 0 fully saturated rings. The molecule has 0 atom stereocenters. The first-order valence-electron chi connectivity index (χ1n) is 8.48. The average Bonchev–Trinajstić information content (AvgIpc) is 2.68. The third-order valence-electron chi connectivity index (χ3n) is 3.67. The van der Waals surface area contributed by atoms with Crippen LogP contribution in [-0.2, 0) is 0 Å². The Morgan fingerprint density at radius 1 is 0.769 bits per heavy atom. The van der Waals surface area contributed by atoms with Crippen LogP contribution in [-0.4, -0.2) is 5.04 Å². The zero-order valence-corrected chi connectivity index (χ0v) is 16.6. The Morgan fingerprint density at radius 3 is 2.04 bits per heavy atom. The summed E-state index contributed by atoms with van der Waals surface area (Å²) in [6.07, 6.45) is 0. The van der Waals surface area contributed by atoms with Crippen molar-refractivity contribution in [3.8, 4) is 0 Å². The standard InChI is InChI=1S/C23H21NS2/c1-18-13-15-21(16-14-18)25-17-19(2)23(24-20-9-5-3-6-10-20)26-22-11-7-4-8-12-22/h3-17H,1-2H3/b19-17+,24-23?. The molecule has 0 bridgehead atoms. The number of hydrogen-bond donors (Lipinski definition) is 0. The van der Waals surface area contributed by atoms with E-state index < -0.39 is 0 Å². The Kier molecular flexibility index (Phi) is 6.75. The Balaban J connectivity index is 1.85. The molecule has 0 aromatic heterocycles. The lowest BCUT2D eigenvalue weighted by Gasteiger charge is -2.08. The van der Waals surface area contributed by atoms with E-state index >= 15 is 0 Å². The number of aliphatic imine (C=N–C) groups is 1. The minimum atomic E-state index is 0.971. The smallest absolute Gasteiger partial charge is 0.105 e. The largest absolute Gasteiger partial charge is 0.241 e. The second-order valence-corrected chi connectivity index (χ2v) is 7.90. The summed E-state index contributed by atoms with van der Waals surface area (Å²) < 4.78 is 0. The molecule has 3 aromatic rings. The zero-order valence-electron chi connectivity index (χ0n) is 14.9. The molecule has 0 heterocycles. The van der Waals surface area contributed by atoms with Crippen molar-refractivity contribution in [2.75, 3.05) is 0 Å². The molecule has 3 rings (SSSR count). The van der Waals surface area contributed by atoms with Gasteiger partial charge >= 0.3 is 0 Å². The molecule has 26 heavy (non-hydrogen) atoms. The number of benzene rings is 3. The molecule has 3 aromatic carbocycles. The second-order valence-electron chi connectivity index (χ2n) is 5.90. The zero-order chi connectivity index (χ0) is 18.2. The lowest BCUT2D eigenvalue weighted by atomic mass is 10.2. The van der Waals surface area contributed by atoms with Crippen molar-refractivity contribution in [1.82, 2.24) is 0 Å². The monoisotopic (exact) mass is 375 g/mol. The highest BCUT2D eigenvalue weighted by molar-refractivity contribution is 8.14. The first kappa shape index (κ1) is 18.6. The number of rotatable bonds is 5. The van der Waals surface area contributed by atoms with Gasteiger partial charge in [-0.2, -0.15) is 0 Å². The molecule has 0 saturated heterocycles. The van der Waals surface area contributed by atoms with Gasteiger partial charge in [0.1, 0.15) is 5.04 Å². The minimum Gasteiger partial charge on any atom is -0.241 e. The number of thioether (sulfide) groups is 2. The van der Waals surface area contributed by atoms with E-state index in [1.807, 2.05) is 36.4 Å². The minimum absolute atomic E-state index is 0.971. The van der Waals surface area contributed by atoms with E-state index in [4.69, 9.17) is 4.99 Å². The quantitative estimate of drug-likeness (QED) is 0.260. The van der Waals surface area contributed by atoms with Gasteiger partial charge in [0.15, 0.2) is 0 Å². The van der Waals surface area contributed by atoms with E-state index in [-0.39, 0.29) is 0 Å². The Bertz CT molecular complexity index is 883.